The minimum atomic E-state index is 0.0389. The zero-order valence-corrected chi connectivity index (χ0v) is 12.3. The van der Waals surface area contributed by atoms with E-state index in [1.54, 1.807) is 24.4 Å². The number of amides is 1. The summed E-state index contributed by atoms with van der Waals surface area (Å²) in [5, 5.41) is 3.86. The second kappa shape index (κ2) is 6.14. The van der Waals surface area contributed by atoms with Gasteiger partial charge in [0.05, 0.1) is 5.56 Å². The maximum absolute atomic E-state index is 12.5. The summed E-state index contributed by atoms with van der Waals surface area (Å²) in [4.78, 5) is 18.7. The van der Waals surface area contributed by atoms with E-state index in [4.69, 9.17) is 11.6 Å². The highest BCUT2D eigenvalue weighted by molar-refractivity contribution is 6.30. The van der Waals surface area contributed by atoms with Crippen LogP contribution in [0.15, 0.2) is 42.6 Å². The Hall–Kier alpha value is -2.07. The lowest BCUT2D eigenvalue weighted by Crippen LogP contribution is -2.28. The number of nitrogens with zero attached hydrogens (tertiary/aromatic N) is 2. The van der Waals surface area contributed by atoms with Gasteiger partial charge >= 0.3 is 0 Å². The minimum absolute atomic E-state index is 0.0389. The number of carbonyl (C=O) groups is 1. The van der Waals surface area contributed by atoms with E-state index < -0.39 is 0 Å². The summed E-state index contributed by atoms with van der Waals surface area (Å²) in [6, 6.07) is 10.9. The molecule has 0 unspecified atom stereocenters. The van der Waals surface area contributed by atoms with Crippen LogP contribution in [0.25, 0.3) is 0 Å². The van der Waals surface area contributed by atoms with Gasteiger partial charge < -0.3 is 10.2 Å². The van der Waals surface area contributed by atoms with E-state index in [0.717, 1.165) is 31.6 Å². The molecular weight excluding hydrogens is 286 g/mol. The highest BCUT2D eigenvalue weighted by atomic mass is 35.5. The van der Waals surface area contributed by atoms with Gasteiger partial charge in [0.2, 0.25) is 0 Å². The molecule has 2 heterocycles. The fraction of sp³-hybridized carbons (Fsp3) is 0.250. The number of benzene rings is 1. The summed E-state index contributed by atoms with van der Waals surface area (Å²) in [7, 11) is 0. The van der Waals surface area contributed by atoms with Gasteiger partial charge in [0.15, 0.2) is 0 Å². The molecule has 1 aliphatic heterocycles. The maximum Gasteiger partial charge on any atom is 0.257 e. The van der Waals surface area contributed by atoms with Crippen molar-refractivity contribution in [2.75, 3.05) is 18.4 Å². The van der Waals surface area contributed by atoms with Crippen LogP contribution in [0.2, 0.25) is 5.02 Å². The highest BCUT2D eigenvalue weighted by Crippen LogP contribution is 2.22. The highest BCUT2D eigenvalue weighted by Gasteiger charge is 2.22. The van der Waals surface area contributed by atoms with E-state index in [9.17, 15) is 4.79 Å². The van der Waals surface area contributed by atoms with Gasteiger partial charge in [0.1, 0.15) is 5.82 Å². The monoisotopic (exact) mass is 301 g/mol. The number of carbonyl (C=O) groups excluding carboxylic acids is 1. The Balaban J connectivity index is 1.85. The van der Waals surface area contributed by atoms with E-state index in [2.05, 4.69) is 10.3 Å². The molecule has 0 atom stereocenters. The van der Waals surface area contributed by atoms with E-state index in [-0.39, 0.29) is 5.91 Å². The smallest absolute Gasteiger partial charge is 0.257 e. The summed E-state index contributed by atoms with van der Waals surface area (Å²) in [6.07, 6.45) is 3.83. The average Bonchev–Trinajstić information content (AvgIpc) is 3.04. The van der Waals surface area contributed by atoms with Gasteiger partial charge in [-0.25, -0.2) is 4.98 Å². The van der Waals surface area contributed by atoms with Crippen LogP contribution >= 0.6 is 11.6 Å². The van der Waals surface area contributed by atoms with Gasteiger partial charge in [-0.1, -0.05) is 11.6 Å². The predicted octanol–water partition coefficient (Wildman–Crippen LogP) is 3.71. The summed E-state index contributed by atoms with van der Waals surface area (Å²) < 4.78 is 0. The first-order valence-corrected chi connectivity index (χ1v) is 7.39. The molecule has 0 aliphatic carbocycles. The van der Waals surface area contributed by atoms with Crippen LogP contribution in [0.1, 0.15) is 23.2 Å². The van der Waals surface area contributed by atoms with Gasteiger partial charge in [0, 0.05) is 30.0 Å². The van der Waals surface area contributed by atoms with Crippen molar-refractivity contribution in [3.8, 4) is 0 Å². The van der Waals surface area contributed by atoms with E-state index in [1.165, 1.54) is 0 Å². The third-order valence-electron chi connectivity index (χ3n) is 3.54. The number of likely N-dealkylation sites (tertiary alicyclic amines) is 1. The van der Waals surface area contributed by atoms with Crippen LogP contribution in [0.4, 0.5) is 11.5 Å². The normalized spacial score (nSPS) is 14.2. The van der Waals surface area contributed by atoms with Crippen LogP contribution in [-0.4, -0.2) is 28.9 Å². The first-order chi connectivity index (χ1) is 10.2. The minimum Gasteiger partial charge on any atom is -0.340 e. The average molecular weight is 302 g/mol. The van der Waals surface area contributed by atoms with Gasteiger partial charge in [-0.3, -0.25) is 4.79 Å². The molecular formula is C16H16ClN3O. The molecule has 0 spiro atoms. The van der Waals surface area contributed by atoms with Crippen molar-refractivity contribution in [1.82, 2.24) is 9.88 Å². The van der Waals surface area contributed by atoms with Gasteiger partial charge in [0.25, 0.3) is 5.91 Å². The second-order valence-corrected chi connectivity index (χ2v) is 5.47. The molecule has 0 bridgehead atoms. The van der Waals surface area contributed by atoms with Crippen molar-refractivity contribution >= 4 is 29.0 Å². The number of nitrogens with one attached hydrogen (secondary N) is 1. The molecule has 0 radical (unpaired) electrons. The van der Waals surface area contributed by atoms with Gasteiger partial charge in [-0.05, 0) is 49.2 Å². The quantitative estimate of drug-likeness (QED) is 0.940. The summed E-state index contributed by atoms with van der Waals surface area (Å²) in [5.74, 6) is 0.619. The number of halogens is 1. The van der Waals surface area contributed by atoms with Crippen LogP contribution < -0.4 is 5.32 Å². The Bertz CT molecular complexity index is 636. The summed E-state index contributed by atoms with van der Waals surface area (Å²) in [6.45, 7) is 1.65. The number of hydrogen-bond acceptors (Lipinski definition) is 3. The Morgan fingerprint density at radius 1 is 1.14 bits per heavy atom. The second-order valence-electron chi connectivity index (χ2n) is 5.03. The standard InChI is InChI=1S/C16H16ClN3O/c17-12-5-7-13(8-6-12)19-15-14(4-3-9-18-15)16(21)20-10-1-2-11-20/h3-9H,1-2,10-11H2,(H,18,19). The Morgan fingerprint density at radius 2 is 1.86 bits per heavy atom. The topological polar surface area (TPSA) is 45.2 Å². The van der Waals surface area contributed by atoms with Gasteiger partial charge in [-0.15, -0.1) is 0 Å². The first-order valence-electron chi connectivity index (χ1n) is 7.01. The fourth-order valence-corrected chi connectivity index (χ4v) is 2.56. The van der Waals surface area contributed by atoms with Crippen molar-refractivity contribution in [2.24, 2.45) is 0 Å². The summed E-state index contributed by atoms with van der Waals surface area (Å²) in [5.41, 5.74) is 1.46. The van der Waals surface area contributed by atoms with E-state index in [1.807, 2.05) is 23.1 Å². The molecule has 1 aromatic heterocycles. The van der Waals surface area contributed by atoms with Crippen molar-refractivity contribution in [1.29, 1.82) is 0 Å². The molecule has 1 fully saturated rings. The zero-order valence-electron chi connectivity index (χ0n) is 11.6. The zero-order chi connectivity index (χ0) is 14.7. The van der Waals surface area contributed by atoms with Crippen molar-refractivity contribution < 1.29 is 4.79 Å². The molecule has 21 heavy (non-hydrogen) atoms. The van der Waals surface area contributed by atoms with E-state index in [0.29, 0.717) is 16.4 Å². The van der Waals surface area contributed by atoms with Crippen molar-refractivity contribution in [3.05, 3.63) is 53.2 Å². The molecule has 1 amide bonds. The largest absolute Gasteiger partial charge is 0.340 e. The lowest BCUT2D eigenvalue weighted by molar-refractivity contribution is 0.0793. The summed E-state index contributed by atoms with van der Waals surface area (Å²) >= 11 is 5.88. The van der Waals surface area contributed by atoms with Crippen LogP contribution in [-0.2, 0) is 0 Å². The van der Waals surface area contributed by atoms with Gasteiger partial charge in [-0.2, -0.15) is 0 Å². The number of hydrogen-bond donors (Lipinski definition) is 1. The third kappa shape index (κ3) is 3.16. The molecule has 0 saturated carbocycles. The van der Waals surface area contributed by atoms with Crippen LogP contribution in [0.3, 0.4) is 0 Å². The molecule has 1 N–H and O–H groups in total. The van der Waals surface area contributed by atoms with Crippen LogP contribution in [0, 0.1) is 0 Å². The fourth-order valence-electron chi connectivity index (χ4n) is 2.44. The molecule has 1 saturated heterocycles. The molecule has 108 valence electrons. The lowest BCUT2D eigenvalue weighted by atomic mass is 10.2. The molecule has 2 aromatic rings. The lowest BCUT2D eigenvalue weighted by Gasteiger charge is -2.17. The third-order valence-corrected chi connectivity index (χ3v) is 3.79. The number of anilines is 2. The molecule has 4 nitrogen and oxygen atoms in total. The molecule has 1 aliphatic rings. The van der Waals surface area contributed by atoms with E-state index >= 15 is 0 Å². The van der Waals surface area contributed by atoms with Crippen molar-refractivity contribution in [3.63, 3.8) is 0 Å². The molecule has 5 heteroatoms. The Kier molecular flexibility index (Phi) is 4.06. The predicted molar refractivity (Wildman–Crippen MR) is 84.1 cm³/mol. The molecule has 3 rings (SSSR count). The Labute approximate surface area is 128 Å². The SMILES string of the molecule is O=C(c1cccnc1Nc1ccc(Cl)cc1)N1CCCC1. The van der Waals surface area contributed by atoms with Crippen LogP contribution in [0.5, 0.6) is 0 Å². The maximum atomic E-state index is 12.5. The van der Waals surface area contributed by atoms with Crippen molar-refractivity contribution in [2.45, 2.75) is 12.8 Å². The number of aromatic nitrogens is 1. The molecule has 1 aromatic carbocycles. The number of rotatable bonds is 3. The number of pyridine rings is 1. The first kappa shape index (κ1) is 13.9. The Morgan fingerprint density at radius 3 is 2.57 bits per heavy atom.